The average molecular weight is 272 g/mol. The molecule has 0 spiro atoms. The van der Waals surface area contributed by atoms with Gasteiger partial charge in [0.1, 0.15) is 0 Å². The quantitative estimate of drug-likeness (QED) is 0.504. The van der Waals surface area contributed by atoms with Crippen LogP contribution in [0.2, 0.25) is 0 Å². The van der Waals surface area contributed by atoms with E-state index in [4.69, 9.17) is 5.84 Å². The Kier molecular flexibility index (Phi) is 4.23. The van der Waals surface area contributed by atoms with Crippen LogP contribution in [-0.4, -0.2) is 6.54 Å². The van der Waals surface area contributed by atoms with Gasteiger partial charge < -0.3 is 0 Å². The lowest BCUT2D eigenvalue weighted by Gasteiger charge is -2.15. The summed E-state index contributed by atoms with van der Waals surface area (Å²) in [5.41, 5.74) is -0.683. The van der Waals surface area contributed by atoms with Crippen molar-refractivity contribution in [3.05, 3.63) is 34.9 Å². The van der Waals surface area contributed by atoms with Gasteiger partial charge in [-0.05, 0) is 24.1 Å². The summed E-state index contributed by atoms with van der Waals surface area (Å²) in [4.78, 5) is 0. The second-order valence-corrected chi connectivity index (χ2v) is 3.57. The van der Waals surface area contributed by atoms with Gasteiger partial charge in [0.05, 0.1) is 11.1 Å². The minimum absolute atomic E-state index is 0.0362. The molecule has 0 saturated heterocycles. The number of alkyl halides is 6. The zero-order chi connectivity index (χ0) is 14.0. The van der Waals surface area contributed by atoms with Gasteiger partial charge in [0.25, 0.3) is 0 Å². The van der Waals surface area contributed by atoms with Crippen molar-refractivity contribution in [1.82, 2.24) is 5.43 Å². The molecule has 0 bridgehead atoms. The summed E-state index contributed by atoms with van der Waals surface area (Å²) >= 11 is 0. The summed E-state index contributed by atoms with van der Waals surface area (Å²) < 4.78 is 74.9. The van der Waals surface area contributed by atoms with Crippen LogP contribution in [0.15, 0.2) is 18.2 Å². The summed E-state index contributed by atoms with van der Waals surface area (Å²) in [6, 6.07) is 1.57. The molecule has 0 amide bonds. The smallest absolute Gasteiger partial charge is 0.271 e. The molecule has 0 unspecified atom stereocenters. The fraction of sp³-hybridized carbons (Fsp3) is 0.400. The molecule has 0 aliphatic rings. The Bertz CT molecular complexity index is 410. The molecule has 0 aliphatic heterocycles. The van der Waals surface area contributed by atoms with E-state index in [9.17, 15) is 26.3 Å². The molecule has 2 nitrogen and oxygen atoms in total. The van der Waals surface area contributed by atoms with Gasteiger partial charge >= 0.3 is 12.4 Å². The molecule has 18 heavy (non-hydrogen) atoms. The minimum Gasteiger partial charge on any atom is -0.271 e. The first-order valence-electron chi connectivity index (χ1n) is 4.87. The molecule has 0 radical (unpaired) electrons. The second kappa shape index (κ2) is 5.15. The average Bonchev–Trinajstić information content (AvgIpc) is 2.23. The maximum atomic E-state index is 12.6. The molecule has 0 saturated carbocycles. The van der Waals surface area contributed by atoms with Gasteiger partial charge in [-0.1, -0.05) is 6.07 Å². The van der Waals surface area contributed by atoms with Crippen molar-refractivity contribution in [2.45, 2.75) is 18.8 Å². The number of hydrogen-bond acceptors (Lipinski definition) is 2. The Hall–Kier alpha value is -1.28. The molecule has 1 rings (SSSR count). The normalized spacial score (nSPS) is 12.8. The van der Waals surface area contributed by atoms with E-state index in [1.165, 1.54) is 0 Å². The van der Waals surface area contributed by atoms with Crippen molar-refractivity contribution in [2.75, 3.05) is 6.54 Å². The summed E-state index contributed by atoms with van der Waals surface area (Å²) in [5, 5.41) is 0. The third kappa shape index (κ3) is 3.61. The number of nitrogens with two attached hydrogens (primary N) is 1. The SMILES string of the molecule is NNCCc1ccc(C(F)(F)F)cc1C(F)(F)F. The fourth-order valence-corrected chi connectivity index (χ4v) is 1.44. The number of hydrogen-bond donors (Lipinski definition) is 2. The van der Waals surface area contributed by atoms with Crippen LogP contribution in [-0.2, 0) is 18.8 Å². The zero-order valence-electron chi connectivity index (χ0n) is 8.99. The van der Waals surface area contributed by atoms with E-state index < -0.39 is 23.5 Å². The van der Waals surface area contributed by atoms with Gasteiger partial charge in [-0.25, -0.2) is 0 Å². The molecule has 0 heterocycles. The summed E-state index contributed by atoms with van der Waals surface area (Å²) in [6.07, 6.45) is -9.74. The van der Waals surface area contributed by atoms with Crippen LogP contribution in [0.1, 0.15) is 16.7 Å². The van der Waals surface area contributed by atoms with E-state index in [1.807, 2.05) is 0 Å². The Balaban J connectivity index is 3.21. The van der Waals surface area contributed by atoms with Crippen molar-refractivity contribution in [3.63, 3.8) is 0 Å². The number of halogens is 6. The Morgan fingerprint density at radius 1 is 1.00 bits per heavy atom. The van der Waals surface area contributed by atoms with Gasteiger partial charge in [-0.15, -0.1) is 0 Å². The lowest BCUT2D eigenvalue weighted by molar-refractivity contribution is -0.143. The van der Waals surface area contributed by atoms with Gasteiger partial charge in [0.2, 0.25) is 0 Å². The lowest BCUT2D eigenvalue weighted by atomic mass is 10.0. The molecule has 0 atom stereocenters. The molecule has 3 N–H and O–H groups in total. The van der Waals surface area contributed by atoms with Gasteiger partial charge in [-0.2, -0.15) is 26.3 Å². The van der Waals surface area contributed by atoms with Crippen LogP contribution in [0.4, 0.5) is 26.3 Å². The molecular formula is C10H10F6N2. The topological polar surface area (TPSA) is 38.0 Å². The van der Waals surface area contributed by atoms with Crippen molar-refractivity contribution in [3.8, 4) is 0 Å². The van der Waals surface area contributed by atoms with Gasteiger partial charge in [0.15, 0.2) is 0 Å². The Morgan fingerprint density at radius 2 is 1.61 bits per heavy atom. The predicted octanol–water partition coefficient (Wildman–Crippen LogP) is 2.73. The van der Waals surface area contributed by atoms with E-state index in [1.54, 1.807) is 0 Å². The van der Waals surface area contributed by atoms with Crippen LogP contribution in [0.5, 0.6) is 0 Å². The lowest BCUT2D eigenvalue weighted by Crippen LogP contribution is -2.25. The van der Waals surface area contributed by atoms with Crippen molar-refractivity contribution in [2.24, 2.45) is 5.84 Å². The molecule has 0 fully saturated rings. The molecule has 0 aliphatic carbocycles. The Labute approximate surface area is 98.7 Å². The van der Waals surface area contributed by atoms with Crippen LogP contribution >= 0.6 is 0 Å². The third-order valence-corrected chi connectivity index (χ3v) is 2.28. The molecule has 1 aromatic carbocycles. The van der Waals surface area contributed by atoms with E-state index in [0.717, 1.165) is 6.07 Å². The Morgan fingerprint density at radius 3 is 2.06 bits per heavy atom. The maximum Gasteiger partial charge on any atom is 0.416 e. The van der Waals surface area contributed by atoms with E-state index in [2.05, 4.69) is 5.43 Å². The molecule has 1 aromatic rings. The van der Waals surface area contributed by atoms with Crippen molar-refractivity contribution < 1.29 is 26.3 Å². The number of hydrazine groups is 1. The summed E-state index contributed by atoms with van der Waals surface area (Å²) in [5.74, 6) is 4.92. The highest BCUT2D eigenvalue weighted by atomic mass is 19.4. The fourth-order valence-electron chi connectivity index (χ4n) is 1.44. The highest BCUT2D eigenvalue weighted by Crippen LogP contribution is 2.37. The highest BCUT2D eigenvalue weighted by molar-refractivity contribution is 5.35. The molecular weight excluding hydrogens is 262 g/mol. The summed E-state index contributed by atoms with van der Waals surface area (Å²) in [7, 11) is 0. The standard InChI is InChI=1S/C10H10F6N2/c11-9(12,13)7-2-1-6(3-4-18-17)8(5-7)10(14,15)16/h1-2,5,18H,3-4,17H2. The third-order valence-electron chi connectivity index (χ3n) is 2.28. The molecule has 8 heteroatoms. The first-order chi connectivity index (χ1) is 8.16. The minimum atomic E-state index is -4.83. The van der Waals surface area contributed by atoms with E-state index >= 15 is 0 Å². The predicted molar refractivity (Wildman–Crippen MR) is 52.3 cm³/mol. The van der Waals surface area contributed by atoms with Gasteiger partial charge in [-0.3, -0.25) is 11.3 Å². The first kappa shape index (κ1) is 14.8. The van der Waals surface area contributed by atoms with Crippen molar-refractivity contribution in [1.29, 1.82) is 0 Å². The number of rotatable bonds is 3. The number of benzene rings is 1. The zero-order valence-corrected chi connectivity index (χ0v) is 8.99. The first-order valence-corrected chi connectivity index (χ1v) is 4.87. The monoisotopic (exact) mass is 272 g/mol. The van der Waals surface area contributed by atoms with Crippen LogP contribution in [0.3, 0.4) is 0 Å². The largest absolute Gasteiger partial charge is 0.416 e. The van der Waals surface area contributed by atoms with E-state index in [-0.39, 0.29) is 24.6 Å². The summed E-state index contributed by atoms with van der Waals surface area (Å²) in [6.45, 7) is 0.0362. The maximum absolute atomic E-state index is 12.6. The van der Waals surface area contributed by atoms with E-state index in [0.29, 0.717) is 6.07 Å². The van der Waals surface area contributed by atoms with Crippen LogP contribution in [0, 0.1) is 0 Å². The second-order valence-electron chi connectivity index (χ2n) is 3.57. The van der Waals surface area contributed by atoms with Crippen LogP contribution < -0.4 is 11.3 Å². The molecule has 102 valence electrons. The highest BCUT2D eigenvalue weighted by Gasteiger charge is 2.37. The molecule has 0 aromatic heterocycles. The van der Waals surface area contributed by atoms with Gasteiger partial charge in [0, 0.05) is 6.54 Å². The van der Waals surface area contributed by atoms with Crippen LogP contribution in [0.25, 0.3) is 0 Å². The van der Waals surface area contributed by atoms with Crippen molar-refractivity contribution >= 4 is 0 Å². The number of nitrogens with one attached hydrogen (secondary N) is 1.